The van der Waals surface area contributed by atoms with E-state index in [2.05, 4.69) is 46.8 Å². The molecule has 0 N–H and O–H groups in total. The SMILES string of the molecule is CC1(C)OB(c2nc3ccccc3o2)OC1(C)C.Fc1c(F)c(-c2nc3ccccc3o2)c(F)c(F)c1-c1nc2ccccc2o1.Fc1c(F)c(Br)c(F)c(F)c1Br. The molecule has 0 unspecified atom stereocenters. The van der Waals surface area contributed by atoms with Crippen LogP contribution in [0, 0.1) is 46.5 Å². The summed E-state index contributed by atoms with van der Waals surface area (Å²) in [5.74, 6) is -13.1. The Hall–Kier alpha value is -5.11. The predicted molar refractivity (Wildman–Crippen MR) is 204 cm³/mol. The molecule has 1 aliphatic heterocycles. The van der Waals surface area contributed by atoms with Gasteiger partial charge in [-0.3, -0.25) is 0 Å². The van der Waals surface area contributed by atoms with Gasteiger partial charge in [0.25, 0.3) is 0 Å². The largest absolute Gasteiger partial charge is 0.554 e. The minimum atomic E-state index is -1.65. The highest BCUT2D eigenvalue weighted by Gasteiger charge is 2.54. The van der Waals surface area contributed by atoms with Crippen LogP contribution in [-0.2, 0) is 9.31 Å². The van der Waals surface area contributed by atoms with E-state index in [1.54, 1.807) is 24.3 Å². The van der Waals surface area contributed by atoms with Gasteiger partial charge < -0.3 is 22.6 Å². The fourth-order valence-corrected chi connectivity index (χ4v) is 6.17. The minimum absolute atomic E-state index is 0.222. The zero-order valence-corrected chi connectivity index (χ0v) is 33.3. The first-order valence-corrected chi connectivity index (χ1v) is 18.4. The second-order valence-electron chi connectivity index (χ2n) is 13.5. The molecule has 0 radical (unpaired) electrons. The van der Waals surface area contributed by atoms with Crippen LogP contribution in [-0.4, -0.2) is 33.3 Å². The van der Waals surface area contributed by atoms with Gasteiger partial charge in [0, 0.05) is 0 Å². The Bertz CT molecular complexity index is 2510. The van der Waals surface area contributed by atoms with Crippen LogP contribution in [0.5, 0.6) is 0 Å². The van der Waals surface area contributed by atoms with E-state index in [0.29, 0.717) is 16.8 Å². The molecule has 0 saturated carbocycles. The summed E-state index contributed by atoms with van der Waals surface area (Å²) in [6.45, 7) is 8.04. The molecular formula is C39H24BBr2F8N3O5. The number of nitrogens with zero attached hydrogens (tertiary/aromatic N) is 3. The molecule has 5 aromatic carbocycles. The number of para-hydroxylation sites is 6. The second-order valence-corrected chi connectivity index (χ2v) is 15.1. The third kappa shape index (κ3) is 7.40. The van der Waals surface area contributed by atoms with E-state index in [0.717, 1.165) is 11.1 Å². The number of benzene rings is 5. The third-order valence-electron chi connectivity index (χ3n) is 9.20. The molecule has 0 bridgehead atoms. The lowest BCUT2D eigenvalue weighted by molar-refractivity contribution is 0.00578. The molecule has 1 saturated heterocycles. The van der Waals surface area contributed by atoms with Crippen LogP contribution in [0.2, 0.25) is 0 Å². The zero-order valence-electron chi connectivity index (χ0n) is 30.2. The van der Waals surface area contributed by atoms with Crippen LogP contribution < -0.4 is 5.79 Å². The lowest BCUT2D eigenvalue weighted by Crippen LogP contribution is -2.41. The fraction of sp³-hybridized carbons (Fsp3) is 0.154. The van der Waals surface area contributed by atoms with Gasteiger partial charge in [-0.15, -0.1) is 0 Å². The maximum Gasteiger partial charge on any atom is 0.554 e. The summed E-state index contributed by atoms with van der Waals surface area (Å²) in [6.07, 6.45) is 0. The minimum Gasteiger partial charge on any atom is -0.444 e. The van der Waals surface area contributed by atoms with Crippen molar-refractivity contribution in [3.05, 3.63) is 128 Å². The van der Waals surface area contributed by atoms with Crippen molar-refractivity contribution < 1.29 is 57.7 Å². The van der Waals surface area contributed by atoms with Gasteiger partial charge in [-0.25, -0.2) is 50.1 Å². The lowest BCUT2D eigenvalue weighted by Gasteiger charge is -2.32. The first-order valence-electron chi connectivity index (χ1n) is 16.9. The Morgan fingerprint density at radius 3 is 1.09 bits per heavy atom. The fourth-order valence-electron chi connectivity index (χ4n) is 5.48. The molecule has 19 heteroatoms. The van der Waals surface area contributed by atoms with Crippen LogP contribution in [0.3, 0.4) is 0 Å². The number of hydrogen-bond acceptors (Lipinski definition) is 8. The van der Waals surface area contributed by atoms with E-state index in [9.17, 15) is 35.1 Å². The standard InChI is InChI=1S/C20H8F4N2O2.C13H16BNO3.C6Br2F4/c21-15-13(19-25-9-5-1-3-7-11(9)27-19)16(22)18(24)14(17(15)23)20-26-10-6-2-4-8-12(10)28-20;1-12(2)13(3,4)18-14(17-12)11-15-9-7-5-6-8-10(9)16-11;7-1-3(9)5(11)2(8)6(12)4(1)10/h1-8H;5-8H,1-4H3;. The molecule has 298 valence electrons. The smallest absolute Gasteiger partial charge is 0.444 e. The van der Waals surface area contributed by atoms with E-state index < -0.39 is 85.5 Å². The van der Waals surface area contributed by atoms with Gasteiger partial charge in [0.05, 0.1) is 20.1 Å². The average molecular weight is 937 g/mol. The summed E-state index contributed by atoms with van der Waals surface area (Å²) in [5.41, 5.74) is -0.224. The highest BCUT2D eigenvalue weighted by Crippen LogP contribution is 2.39. The summed E-state index contributed by atoms with van der Waals surface area (Å²) >= 11 is 4.73. The Labute approximate surface area is 339 Å². The first kappa shape index (κ1) is 41.1. The van der Waals surface area contributed by atoms with Gasteiger partial charge in [0.2, 0.25) is 17.6 Å². The predicted octanol–water partition coefficient (Wildman–Crippen LogP) is 11.8. The van der Waals surface area contributed by atoms with Gasteiger partial charge >= 0.3 is 7.12 Å². The van der Waals surface area contributed by atoms with Crippen LogP contribution in [0.1, 0.15) is 27.7 Å². The van der Waals surface area contributed by atoms with Crippen molar-refractivity contribution in [2.24, 2.45) is 0 Å². The second kappa shape index (κ2) is 15.6. The maximum atomic E-state index is 14.7. The molecule has 0 atom stereocenters. The third-order valence-corrected chi connectivity index (χ3v) is 10.6. The van der Waals surface area contributed by atoms with Crippen LogP contribution in [0.15, 0.2) is 95.0 Å². The van der Waals surface area contributed by atoms with E-state index >= 15 is 0 Å². The number of hydrogen-bond donors (Lipinski definition) is 0. The maximum absolute atomic E-state index is 14.7. The number of oxazole rings is 3. The van der Waals surface area contributed by atoms with E-state index in [1.807, 2.05) is 52.0 Å². The van der Waals surface area contributed by atoms with E-state index in [-0.39, 0.29) is 22.4 Å². The van der Waals surface area contributed by atoms with Gasteiger partial charge in [-0.05, 0) is 96.0 Å². The van der Waals surface area contributed by atoms with Gasteiger partial charge in [-0.2, -0.15) is 0 Å². The summed E-state index contributed by atoms with van der Waals surface area (Å²) in [4.78, 5) is 12.2. The van der Waals surface area contributed by atoms with E-state index in [1.165, 1.54) is 24.3 Å². The van der Waals surface area contributed by atoms with Crippen molar-refractivity contribution in [3.63, 3.8) is 0 Å². The molecule has 1 aliphatic rings. The number of halogens is 10. The molecule has 1 fully saturated rings. The molecule has 4 heterocycles. The summed E-state index contributed by atoms with van der Waals surface area (Å²) in [7, 11) is -0.539. The molecule has 9 rings (SSSR count). The molecule has 0 aliphatic carbocycles. The number of fused-ring (bicyclic) bond motifs is 3. The molecule has 8 nitrogen and oxygen atoms in total. The molecule has 58 heavy (non-hydrogen) atoms. The van der Waals surface area contributed by atoms with Crippen molar-refractivity contribution in [1.82, 2.24) is 15.0 Å². The number of aromatic nitrogens is 3. The average Bonchev–Trinajstić information content (AvgIpc) is 3.98. The van der Waals surface area contributed by atoms with Crippen LogP contribution in [0.25, 0.3) is 56.2 Å². The van der Waals surface area contributed by atoms with Gasteiger partial charge in [0.1, 0.15) is 27.7 Å². The molecule has 8 aromatic rings. The first-order chi connectivity index (χ1) is 27.4. The Morgan fingerprint density at radius 2 is 0.759 bits per heavy atom. The lowest BCUT2D eigenvalue weighted by atomic mass is 9.90. The van der Waals surface area contributed by atoms with Gasteiger partial charge in [0.15, 0.2) is 63.3 Å². The summed E-state index contributed by atoms with van der Waals surface area (Å²) in [5, 5.41) is 0. The van der Waals surface area contributed by atoms with Gasteiger partial charge in [-0.1, -0.05) is 36.4 Å². The molecule has 3 aromatic heterocycles. The highest BCUT2D eigenvalue weighted by molar-refractivity contribution is 9.11. The Morgan fingerprint density at radius 1 is 0.448 bits per heavy atom. The van der Waals surface area contributed by atoms with E-state index in [4.69, 9.17) is 22.6 Å². The monoisotopic (exact) mass is 935 g/mol. The summed E-state index contributed by atoms with van der Waals surface area (Å²) < 4.78 is 135. The normalized spacial score (nSPS) is 14.5. The number of rotatable bonds is 3. The summed E-state index contributed by atoms with van der Waals surface area (Å²) in [6, 6.07) is 20.3. The van der Waals surface area contributed by atoms with Crippen molar-refractivity contribution in [2.45, 2.75) is 38.9 Å². The van der Waals surface area contributed by atoms with Crippen LogP contribution >= 0.6 is 31.9 Å². The topological polar surface area (TPSA) is 96.6 Å². The molecular weight excluding hydrogens is 913 g/mol. The molecule has 0 spiro atoms. The zero-order chi connectivity index (χ0) is 41.8. The quantitative estimate of drug-likeness (QED) is 0.0748. The van der Waals surface area contributed by atoms with Crippen molar-refractivity contribution in [1.29, 1.82) is 0 Å². The highest BCUT2D eigenvalue weighted by atomic mass is 79.9. The molecule has 0 amide bonds. The van der Waals surface area contributed by atoms with Crippen molar-refractivity contribution in [2.75, 3.05) is 0 Å². The van der Waals surface area contributed by atoms with Crippen LogP contribution in [0.4, 0.5) is 35.1 Å². The Balaban J connectivity index is 0.000000146. The van der Waals surface area contributed by atoms with Crippen molar-refractivity contribution in [3.8, 4) is 22.9 Å². The van der Waals surface area contributed by atoms with Crippen molar-refractivity contribution >= 4 is 78.1 Å². The Kier molecular flexibility index (Phi) is 11.0.